The van der Waals surface area contributed by atoms with Crippen molar-refractivity contribution >= 4 is 5.78 Å². The Labute approximate surface area is 98.9 Å². The van der Waals surface area contributed by atoms with Gasteiger partial charge in [-0.1, -0.05) is 6.92 Å². The maximum absolute atomic E-state index is 11.5. The van der Waals surface area contributed by atoms with Crippen LogP contribution in [-0.2, 0) is 9.53 Å². The van der Waals surface area contributed by atoms with E-state index in [1.54, 1.807) is 0 Å². The fourth-order valence-corrected chi connectivity index (χ4v) is 1.92. The normalized spacial score (nSPS) is 22.2. The standard InChI is InChI=1S/C13H25NO2/c1-3-11(2)14-10-12(15)6-4-7-13-8-5-9-16-13/h11,13-14H,3-10H2,1-2H3. The monoisotopic (exact) mass is 227 g/mol. The van der Waals surface area contributed by atoms with Gasteiger partial charge in [0.15, 0.2) is 0 Å². The summed E-state index contributed by atoms with van der Waals surface area (Å²) in [5.41, 5.74) is 0. The summed E-state index contributed by atoms with van der Waals surface area (Å²) in [4.78, 5) is 11.5. The SMILES string of the molecule is CCC(C)NCC(=O)CCCC1CCCO1. The third-order valence-electron chi connectivity index (χ3n) is 3.27. The fraction of sp³-hybridized carbons (Fsp3) is 0.923. The topological polar surface area (TPSA) is 38.3 Å². The van der Waals surface area contributed by atoms with E-state index in [2.05, 4.69) is 19.2 Å². The van der Waals surface area contributed by atoms with Crippen molar-refractivity contribution in [3.63, 3.8) is 0 Å². The molecule has 1 saturated heterocycles. The van der Waals surface area contributed by atoms with Gasteiger partial charge in [0, 0.05) is 19.1 Å². The summed E-state index contributed by atoms with van der Waals surface area (Å²) < 4.78 is 5.52. The second-order valence-electron chi connectivity index (χ2n) is 4.76. The Balaban J connectivity index is 1.97. The zero-order valence-electron chi connectivity index (χ0n) is 10.6. The summed E-state index contributed by atoms with van der Waals surface area (Å²) in [5.74, 6) is 0.332. The van der Waals surface area contributed by atoms with E-state index in [-0.39, 0.29) is 0 Å². The van der Waals surface area contributed by atoms with Gasteiger partial charge >= 0.3 is 0 Å². The molecule has 0 spiro atoms. The van der Waals surface area contributed by atoms with Crippen molar-refractivity contribution < 1.29 is 9.53 Å². The molecular formula is C13H25NO2. The van der Waals surface area contributed by atoms with Gasteiger partial charge in [-0.25, -0.2) is 0 Å². The molecule has 0 radical (unpaired) electrons. The number of carbonyl (C=O) groups excluding carboxylic acids is 1. The first kappa shape index (κ1) is 13.7. The van der Waals surface area contributed by atoms with E-state index in [9.17, 15) is 4.79 Å². The van der Waals surface area contributed by atoms with Crippen molar-refractivity contribution in [1.29, 1.82) is 0 Å². The molecule has 0 bridgehead atoms. The van der Waals surface area contributed by atoms with E-state index in [1.807, 2.05) is 0 Å². The predicted octanol–water partition coefficient (Wildman–Crippen LogP) is 2.29. The lowest BCUT2D eigenvalue weighted by atomic mass is 10.1. The summed E-state index contributed by atoms with van der Waals surface area (Å²) in [5, 5.41) is 3.23. The number of rotatable bonds is 8. The highest BCUT2D eigenvalue weighted by atomic mass is 16.5. The Morgan fingerprint density at radius 2 is 2.38 bits per heavy atom. The number of ketones is 1. The molecule has 1 heterocycles. The molecule has 16 heavy (non-hydrogen) atoms. The molecule has 1 N–H and O–H groups in total. The first-order chi connectivity index (χ1) is 7.72. The third-order valence-corrected chi connectivity index (χ3v) is 3.27. The molecule has 3 heteroatoms. The van der Waals surface area contributed by atoms with Crippen LogP contribution in [0.2, 0.25) is 0 Å². The molecule has 0 aromatic carbocycles. The summed E-state index contributed by atoms with van der Waals surface area (Å²) in [7, 11) is 0. The number of Topliss-reactive ketones (excluding diaryl/α,β-unsaturated/α-hetero) is 1. The molecule has 2 atom stereocenters. The first-order valence-electron chi connectivity index (χ1n) is 6.59. The first-order valence-corrected chi connectivity index (χ1v) is 6.59. The van der Waals surface area contributed by atoms with Gasteiger partial charge in [0.2, 0.25) is 0 Å². The van der Waals surface area contributed by atoms with Gasteiger partial charge < -0.3 is 10.1 Å². The van der Waals surface area contributed by atoms with Crippen LogP contribution in [0.5, 0.6) is 0 Å². The average Bonchev–Trinajstić information content (AvgIpc) is 2.79. The quantitative estimate of drug-likeness (QED) is 0.691. The molecule has 1 fully saturated rings. The minimum atomic E-state index is 0.332. The molecule has 1 aliphatic rings. The van der Waals surface area contributed by atoms with Crippen molar-refractivity contribution in [2.45, 2.75) is 64.5 Å². The van der Waals surface area contributed by atoms with Crippen LogP contribution in [-0.4, -0.2) is 31.1 Å². The lowest BCUT2D eigenvalue weighted by molar-refractivity contribution is -0.118. The molecule has 94 valence electrons. The number of hydrogen-bond acceptors (Lipinski definition) is 3. The minimum absolute atomic E-state index is 0.332. The Kier molecular flexibility index (Phi) is 6.65. The fourth-order valence-electron chi connectivity index (χ4n) is 1.92. The maximum Gasteiger partial charge on any atom is 0.146 e. The van der Waals surface area contributed by atoms with Crippen molar-refractivity contribution in [3.05, 3.63) is 0 Å². The van der Waals surface area contributed by atoms with E-state index >= 15 is 0 Å². The van der Waals surface area contributed by atoms with Gasteiger partial charge in [-0.05, 0) is 39.0 Å². The lowest BCUT2D eigenvalue weighted by Crippen LogP contribution is -2.30. The molecule has 0 aromatic heterocycles. The zero-order valence-corrected chi connectivity index (χ0v) is 10.6. The van der Waals surface area contributed by atoms with Crippen LogP contribution >= 0.6 is 0 Å². The highest BCUT2D eigenvalue weighted by molar-refractivity contribution is 5.80. The summed E-state index contributed by atoms with van der Waals surface area (Å²) in [6.07, 6.45) is 6.59. The maximum atomic E-state index is 11.5. The van der Waals surface area contributed by atoms with E-state index in [0.29, 0.717) is 30.9 Å². The van der Waals surface area contributed by atoms with Gasteiger partial charge in [0.05, 0.1) is 12.6 Å². The Morgan fingerprint density at radius 1 is 1.56 bits per heavy atom. The lowest BCUT2D eigenvalue weighted by Gasteiger charge is -2.11. The third kappa shape index (κ3) is 5.61. The summed E-state index contributed by atoms with van der Waals surface area (Å²) in [6.45, 7) is 5.67. The molecule has 1 rings (SSSR count). The number of ether oxygens (including phenoxy) is 1. The van der Waals surface area contributed by atoms with Gasteiger partial charge in [-0.2, -0.15) is 0 Å². The van der Waals surface area contributed by atoms with Crippen LogP contribution in [0, 0.1) is 0 Å². The van der Waals surface area contributed by atoms with Crippen LogP contribution in [0.25, 0.3) is 0 Å². The van der Waals surface area contributed by atoms with E-state index in [0.717, 1.165) is 25.9 Å². The van der Waals surface area contributed by atoms with Gasteiger partial charge in [0.1, 0.15) is 5.78 Å². The van der Waals surface area contributed by atoms with Gasteiger partial charge in [0.25, 0.3) is 0 Å². The highest BCUT2D eigenvalue weighted by Gasteiger charge is 2.15. The number of hydrogen-bond donors (Lipinski definition) is 1. The zero-order chi connectivity index (χ0) is 11.8. The molecule has 2 unspecified atom stereocenters. The molecule has 0 amide bonds. The van der Waals surface area contributed by atoms with Crippen LogP contribution in [0.4, 0.5) is 0 Å². The largest absolute Gasteiger partial charge is 0.378 e. The van der Waals surface area contributed by atoms with E-state index < -0.39 is 0 Å². The van der Waals surface area contributed by atoms with E-state index in [1.165, 1.54) is 12.8 Å². The van der Waals surface area contributed by atoms with Crippen LogP contribution in [0.3, 0.4) is 0 Å². The number of nitrogens with one attached hydrogen (secondary N) is 1. The van der Waals surface area contributed by atoms with Crippen LogP contribution in [0.15, 0.2) is 0 Å². The predicted molar refractivity (Wildman–Crippen MR) is 65.6 cm³/mol. The van der Waals surface area contributed by atoms with Gasteiger partial charge in [-0.3, -0.25) is 4.79 Å². The van der Waals surface area contributed by atoms with Crippen molar-refractivity contribution in [1.82, 2.24) is 5.32 Å². The smallest absolute Gasteiger partial charge is 0.146 e. The van der Waals surface area contributed by atoms with Crippen LogP contribution < -0.4 is 5.32 Å². The Bertz CT molecular complexity index is 200. The van der Waals surface area contributed by atoms with Crippen molar-refractivity contribution in [2.75, 3.05) is 13.2 Å². The van der Waals surface area contributed by atoms with E-state index in [4.69, 9.17) is 4.74 Å². The highest BCUT2D eigenvalue weighted by Crippen LogP contribution is 2.17. The van der Waals surface area contributed by atoms with Crippen LogP contribution in [0.1, 0.15) is 52.4 Å². The molecule has 0 saturated carbocycles. The summed E-state index contributed by atoms with van der Waals surface area (Å²) in [6, 6.07) is 0.446. The van der Waals surface area contributed by atoms with Gasteiger partial charge in [-0.15, -0.1) is 0 Å². The molecule has 0 aromatic rings. The molecule has 0 aliphatic carbocycles. The second-order valence-corrected chi connectivity index (χ2v) is 4.76. The van der Waals surface area contributed by atoms with Crippen molar-refractivity contribution in [3.8, 4) is 0 Å². The molecular weight excluding hydrogens is 202 g/mol. The molecule has 1 aliphatic heterocycles. The minimum Gasteiger partial charge on any atom is -0.378 e. The second kappa shape index (κ2) is 7.80. The summed E-state index contributed by atoms with van der Waals surface area (Å²) >= 11 is 0. The number of carbonyl (C=O) groups is 1. The molecule has 3 nitrogen and oxygen atoms in total. The Hall–Kier alpha value is -0.410. The Morgan fingerprint density at radius 3 is 3.00 bits per heavy atom. The van der Waals surface area contributed by atoms with Crippen molar-refractivity contribution in [2.24, 2.45) is 0 Å². The average molecular weight is 227 g/mol.